The Morgan fingerprint density at radius 3 is 2.95 bits per heavy atom. The highest BCUT2D eigenvalue weighted by Crippen LogP contribution is 2.62. The molecule has 1 heteroatoms. The average molecular weight is 296 g/mol. The zero-order valence-corrected chi connectivity index (χ0v) is 13.8. The molecule has 0 saturated heterocycles. The molecule has 0 bridgehead atoms. The molecule has 0 aromatic carbocycles. The Hall–Kier alpha value is -1.00. The normalized spacial score (nSPS) is 40.1. The Labute approximate surface area is 134 Å². The van der Waals surface area contributed by atoms with Crippen molar-refractivity contribution in [2.45, 2.75) is 64.7 Å². The summed E-state index contributed by atoms with van der Waals surface area (Å²) in [5.74, 6) is 8.45. The number of hydrogen-bond acceptors (Lipinski definition) is 1. The average Bonchev–Trinajstić information content (AvgIpc) is 2.94. The Morgan fingerprint density at radius 2 is 2.14 bits per heavy atom. The first kappa shape index (κ1) is 14.6. The fourth-order valence-corrected chi connectivity index (χ4v) is 6.15. The van der Waals surface area contributed by atoms with Crippen LogP contribution in [0.2, 0.25) is 0 Å². The largest absolute Gasteiger partial charge is 0.396 e. The number of hydrogen-bond donors (Lipinski definition) is 1. The highest BCUT2D eigenvalue weighted by atomic mass is 16.3. The van der Waals surface area contributed by atoms with E-state index in [9.17, 15) is 5.11 Å². The lowest BCUT2D eigenvalue weighted by atomic mass is 9.55. The van der Waals surface area contributed by atoms with Crippen molar-refractivity contribution in [2.24, 2.45) is 23.2 Å². The molecule has 4 aliphatic rings. The van der Waals surface area contributed by atoms with Gasteiger partial charge in [-0.2, -0.15) is 0 Å². The van der Waals surface area contributed by atoms with Crippen molar-refractivity contribution in [3.05, 3.63) is 22.8 Å². The summed E-state index contributed by atoms with van der Waals surface area (Å²) in [7, 11) is 0. The molecule has 118 valence electrons. The first-order chi connectivity index (χ1) is 10.8. The van der Waals surface area contributed by atoms with E-state index in [1.165, 1.54) is 51.4 Å². The summed E-state index contributed by atoms with van der Waals surface area (Å²) in [6.07, 6.45) is 13.9. The van der Waals surface area contributed by atoms with Crippen LogP contribution in [0.1, 0.15) is 64.7 Å². The van der Waals surface area contributed by atoms with Gasteiger partial charge in [0.2, 0.25) is 0 Å². The molecule has 0 aromatic rings. The molecule has 22 heavy (non-hydrogen) atoms. The predicted octanol–water partition coefficient (Wildman–Crippen LogP) is 4.63. The van der Waals surface area contributed by atoms with Crippen molar-refractivity contribution in [3.63, 3.8) is 0 Å². The molecule has 1 nitrogen and oxygen atoms in total. The second-order valence-corrected chi connectivity index (χ2v) is 7.79. The minimum atomic E-state index is 0.105. The summed E-state index contributed by atoms with van der Waals surface area (Å²) in [6, 6.07) is 0. The lowest BCUT2D eigenvalue weighted by Crippen LogP contribution is -2.44. The van der Waals surface area contributed by atoms with Crippen LogP contribution in [-0.2, 0) is 0 Å². The Bertz CT molecular complexity index is 585. The monoisotopic (exact) mass is 296 g/mol. The van der Waals surface area contributed by atoms with E-state index in [0.717, 1.165) is 12.3 Å². The molecule has 0 aliphatic heterocycles. The van der Waals surface area contributed by atoms with Crippen LogP contribution in [0.15, 0.2) is 22.8 Å². The van der Waals surface area contributed by atoms with Gasteiger partial charge in [0.05, 0.1) is 6.61 Å². The molecule has 4 atom stereocenters. The van der Waals surface area contributed by atoms with Crippen molar-refractivity contribution in [2.75, 3.05) is 6.61 Å². The molecule has 0 radical (unpaired) electrons. The maximum atomic E-state index is 10.3. The molecule has 0 amide bonds. The van der Waals surface area contributed by atoms with Gasteiger partial charge < -0.3 is 5.11 Å². The molecule has 0 aromatic heterocycles. The van der Waals surface area contributed by atoms with Gasteiger partial charge in [-0.15, -0.1) is 5.92 Å². The fourth-order valence-electron chi connectivity index (χ4n) is 6.15. The smallest absolute Gasteiger partial charge is 0.0502 e. The van der Waals surface area contributed by atoms with Crippen LogP contribution in [0.25, 0.3) is 0 Å². The molecule has 2 saturated carbocycles. The third kappa shape index (κ3) is 1.96. The van der Waals surface area contributed by atoms with E-state index in [1.54, 1.807) is 16.7 Å². The predicted molar refractivity (Wildman–Crippen MR) is 90.1 cm³/mol. The second-order valence-electron chi connectivity index (χ2n) is 7.79. The van der Waals surface area contributed by atoms with Crippen LogP contribution in [0.5, 0.6) is 0 Å². The van der Waals surface area contributed by atoms with E-state index in [4.69, 9.17) is 0 Å². The molecule has 0 spiro atoms. The Balaban J connectivity index is 1.73. The zero-order chi connectivity index (χ0) is 15.2. The van der Waals surface area contributed by atoms with E-state index in [1.807, 2.05) is 6.92 Å². The summed E-state index contributed by atoms with van der Waals surface area (Å²) < 4.78 is 0. The zero-order valence-electron chi connectivity index (χ0n) is 13.8. The molecule has 4 aliphatic carbocycles. The van der Waals surface area contributed by atoms with E-state index in [2.05, 4.69) is 17.9 Å². The SMILES string of the molecule is CC#CC1CC[C@H]2[C@@H]3CCC4=CCCCC4=C3CC[C@]12CO. The van der Waals surface area contributed by atoms with Crippen molar-refractivity contribution < 1.29 is 5.11 Å². The highest BCUT2D eigenvalue weighted by Gasteiger charge is 2.55. The van der Waals surface area contributed by atoms with Gasteiger partial charge in [0.15, 0.2) is 0 Å². The van der Waals surface area contributed by atoms with Crippen molar-refractivity contribution in [1.29, 1.82) is 0 Å². The summed E-state index contributed by atoms with van der Waals surface area (Å²) >= 11 is 0. The van der Waals surface area contributed by atoms with Gasteiger partial charge in [0.25, 0.3) is 0 Å². The standard InChI is InChI=1S/C21H28O/c1-2-5-16-9-11-20-19-10-8-15-6-3-4-7-17(15)18(19)12-13-21(16,20)14-22/h6,16,19-20,22H,3-4,7-14H2,1H3/t16?,19-,20+,21+/m1/s1. The van der Waals surface area contributed by atoms with Crippen LogP contribution >= 0.6 is 0 Å². The summed E-state index contributed by atoms with van der Waals surface area (Å²) in [5, 5.41) is 10.3. The molecule has 1 N–H and O–H groups in total. The lowest BCUT2D eigenvalue weighted by molar-refractivity contribution is 0.0112. The summed E-state index contributed by atoms with van der Waals surface area (Å²) in [4.78, 5) is 0. The minimum Gasteiger partial charge on any atom is -0.396 e. The van der Waals surface area contributed by atoms with Crippen LogP contribution in [0.4, 0.5) is 0 Å². The van der Waals surface area contributed by atoms with Crippen LogP contribution in [0, 0.1) is 35.0 Å². The van der Waals surface area contributed by atoms with Gasteiger partial charge in [0, 0.05) is 11.3 Å². The topological polar surface area (TPSA) is 20.2 Å². The second kappa shape index (κ2) is 5.57. The van der Waals surface area contributed by atoms with Gasteiger partial charge in [-0.05, 0) is 87.7 Å². The van der Waals surface area contributed by atoms with E-state index in [0.29, 0.717) is 18.4 Å². The van der Waals surface area contributed by atoms with Gasteiger partial charge >= 0.3 is 0 Å². The first-order valence-electron chi connectivity index (χ1n) is 9.24. The third-order valence-electron chi connectivity index (χ3n) is 7.13. The highest BCUT2D eigenvalue weighted by molar-refractivity contribution is 5.43. The Kier molecular flexibility index (Phi) is 3.69. The van der Waals surface area contributed by atoms with Gasteiger partial charge in [-0.3, -0.25) is 0 Å². The maximum absolute atomic E-state index is 10.3. The Morgan fingerprint density at radius 1 is 1.23 bits per heavy atom. The molecular weight excluding hydrogens is 268 g/mol. The van der Waals surface area contributed by atoms with Crippen molar-refractivity contribution >= 4 is 0 Å². The van der Waals surface area contributed by atoms with Crippen LogP contribution in [-0.4, -0.2) is 11.7 Å². The van der Waals surface area contributed by atoms with Gasteiger partial charge in [0.1, 0.15) is 0 Å². The van der Waals surface area contributed by atoms with E-state index < -0.39 is 0 Å². The number of rotatable bonds is 1. The molecule has 4 rings (SSSR count). The molecule has 1 unspecified atom stereocenters. The number of fused-ring (bicyclic) bond motifs is 4. The number of allylic oxidation sites excluding steroid dienone is 4. The molecule has 0 heterocycles. The van der Waals surface area contributed by atoms with Crippen molar-refractivity contribution in [3.8, 4) is 11.8 Å². The third-order valence-corrected chi connectivity index (χ3v) is 7.13. The van der Waals surface area contributed by atoms with Gasteiger partial charge in [-0.25, -0.2) is 0 Å². The van der Waals surface area contributed by atoms with E-state index >= 15 is 0 Å². The quantitative estimate of drug-likeness (QED) is 0.700. The summed E-state index contributed by atoms with van der Waals surface area (Å²) in [6.45, 7) is 2.30. The molecule has 2 fully saturated rings. The van der Waals surface area contributed by atoms with Crippen LogP contribution < -0.4 is 0 Å². The maximum Gasteiger partial charge on any atom is 0.0502 e. The minimum absolute atomic E-state index is 0.105. The summed E-state index contributed by atoms with van der Waals surface area (Å²) in [5.41, 5.74) is 5.31. The lowest BCUT2D eigenvalue weighted by Gasteiger charge is -2.49. The van der Waals surface area contributed by atoms with Crippen molar-refractivity contribution in [1.82, 2.24) is 0 Å². The van der Waals surface area contributed by atoms with Crippen LogP contribution in [0.3, 0.4) is 0 Å². The molecular formula is C21H28O. The van der Waals surface area contributed by atoms with Gasteiger partial charge in [-0.1, -0.05) is 17.6 Å². The number of aliphatic hydroxyl groups excluding tert-OH is 1. The van der Waals surface area contributed by atoms with E-state index in [-0.39, 0.29) is 5.41 Å². The number of aliphatic hydroxyl groups is 1. The fraction of sp³-hybridized carbons (Fsp3) is 0.714. The first-order valence-corrected chi connectivity index (χ1v) is 9.24.